The third-order valence-corrected chi connectivity index (χ3v) is 3.32. The third-order valence-electron chi connectivity index (χ3n) is 2.34. The van der Waals surface area contributed by atoms with Crippen molar-refractivity contribution in [3.8, 4) is 0 Å². The zero-order valence-electron chi connectivity index (χ0n) is 10.7. The number of hydrogen-bond acceptors (Lipinski definition) is 6. The molecule has 0 bridgehead atoms. The zero-order valence-corrected chi connectivity index (χ0v) is 11.5. The van der Waals surface area contributed by atoms with Crippen molar-refractivity contribution in [1.82, 2.24) is 25.1 Å². The molecule has 0 aliphatic heterocycles. The van der Waals surface area contributed by atoms with Gasteiger partial charge in [0.25, 0.3) is 0 Å². The molecule has 0 saturated carbocycles. The SMILES string of the molecule is CCCNc1ncnc(Sc2n[nH]c(C)n2)c1C. The molecule has 2 rings (SSSR count). The smallest absolute Gasteiger partial charge is 0.214 e. The average Bonchev–Trinajstić information content (AvgIpc) is 2.76. The van der Waals surface area contributed by atoms with Gasteiger partial charge in [-0.05, 0) is 32.0 Å². The van der Waals surface area contributed by atoms with Gasteiger partial charge in [-0.1, -0.05) is 6.92 Å². The summed E-state index contributed by atoms with van der Waals surface area (Å²) in [6, 6.07) is 0. The highest BCUT2D eigenvalue weighted by Crippen LogP contribution is 2.28. The van der Waals surface area contributed by atoms with E-state index in [2.05, 4.69) is 37.4 Å². The summed E-state index contributed by atoms with van der Waals surface area (Å²) in [4.78, 5) is 12.8. The van der Waals surface area contributed by atoms with E-state index in [1.165, 1.54) is 11.8 Å². The molecule has 2 aromatic heterocycles. The van der Waals surface area contributed by atoms with E-state index in [0.717, 1.165) is 35.2 Å². The van der Waals surface area contributed by atoms with Crippen LogP contribution in [0.3, 0.4) is 0 Å². The molecular formula is C11H16N6S. The second-order valence-electron chi connectivity index (χ2n) is 3.88. The normalized spacial score (nSPS) is 10.6. The van der Waals surface area contributed by atoms with Gasteiger partial charge in [0.1, 0.15) is 23.0 Å². The molecular weight excluding hydrogens is 248 g/mol. The molecule has 0 radical (unpaired) electrons. The summed E-state index contributed by atoms with van der Waals surface area (Å²) in [7, 11) is 0. The molecule has 2 N–H and O–H groups in total. The summed E-state index contributed by atoms with van der Waals surface area (Å²) < 4.78 is 0. The van der Waals surface area contributed by atoms with E-state index >= 15 is 0 Å². The van der Waals surface area contributed by atoms with Crippen LogP contribution in [0.15, 0.2) is 16.5 Å². The fourth-order valence-electron chi connectivity index (χ4n) is 1.41. The number of anilines is 1. The van der Waals surface area contributed by atoms with Gasteiger partial charge in [0.05, 0.1) is 0 Å². The molecule has 7 heteroatoms. The molecule has 6 nitrogen and oxygen atoms in total. The van der Waals surface area contributed by atoms with Gasteiger partial charge in [-0.2, -0.15) is 0 Å². The Balaban J connectivity index is 2.17. The molecule has 0 amide bonds. The van der Waals surface area contributed by atoms with E-state index in [1.54, 1.807) is 6.33 Å². The Labute approximate surface area is 110 Å². The number of hydrogen-bond donors (Lipinski definition) is 2. The van der Waals surface area contributed by atoms with Gasteiger partial charge >= 0.3 is 0 Å². The van der Waals surface area contributed by atoms with Crippen molar-refractivity contribution in [2.24, 2.45) is 0 Å². The number of nitrogens with zero attached hydrogens (tertiary/aromatic N) is 4. The quantitative estimate of drug-likeness (QED) is 0.806. The van der Waals surface area contributed by atoms with Crippen LogP contribution >= 0.6 is 11.8 Å². The van der Waals surface area contributed by atoms with Crippen LogP contribution in [-0.4, -0.2) is 31.7 Å². The van der Waals surface area contributed by atoms with Crippen molar-refractivity contribution in [1.29, 1.82) is 0 Å². The van der Waals surface area contributed by atoms with Crippen molar-refractivity contribution in [3.63, 3.8) is 0 Å². The lowest BCUT2D eigenvalue weighted by Gasteiger charge is -2.09. The van der Waals surface area contributed by atoms with E-state index in [9.17, 15) is 0 Å². The van der Waals surface area contributed by atoms with E-state index in [1.807, 2.05) is 13.8 Å². The molecule has 0 saturated heterocycles. The number of nitrogens with one attached hydrogen (secondary N) is 2. The zero-order chi connectivity index (χ0) is 13.0. The summed E-state index contributed by atoms with van der Waals surface area (Å²) in [6.07, 6.45) is 2.62. The molecule has 18 heavy (non-hydrogen) atoms. The van der Waals surface area contributed by atoms with Gasteiger partial charge in [-0.25, -0.2) is 15.0 Å². The second kappa shape index (κ2) is 5.81. The molecule has 0 spiro atoms. The van der Waals surface area contributed by atoms with Gasteiger partial charge in [0.2, 0.25) is 5.16 Å². The molecule has 0 aliphatic carbocycles. The van der Waals surface area contributed by atoms with Gasteiger partial charge in [-0.3, -0.25) is 5.10 Å². The fraction of sp³-hybridized carbons (Fsp3) is 0.455. The number of aromatic nitrogens is 5. The van der Waals surface area contributed by atoms with Crippen LogP contribution in [0.25, 0.3) is 0 Å². The van der Waals surface area contributed by atoms with E-state index < -0.39 is 0 Å². The molecule has 0 aliphatic rings. The second-order valence-corrected chi connectivity index (χ2v) is 4.84. The van der Waals surface area contributed by atoms with E-state index in [0.29, 0.717) is 5.16 Å². The highest BCUT2D eigenvalue weighted by atomic mass is 32.2. The number of aryl methyl sites for hydroxylation is 1. The Hall–Kier alpha value is -1.63. The lowest BCUT2D eigenvalue weighted by Crippen LogP contribution is -2.05. The number of H-pyrrole nitrogens is 1. The van der Waals surface area contributed by atoms with Crippen molar-refractivity contribution in [2.45, 2.75) is 37.4 Å². The fourth-order valence-corrected chi connectivity index (χ4v) is 2.21. The van der Waals surface area contributed by atoms with Crippen LogP contribution in [-0.2, 0) is 0 Å². The molecule has 0 unspecified atom stereocenters. The maximum atomic E-state index is 4.27. The minimum atomic E-state index is 0.677. The maximum Gasteiger partial charge on any atom is 0.214 e. The molecule has 0 fully saturated rings. The van der Waals surface area contributed by atoms with Crippen LogP contribution in [0, 0.1) is 13.8 Å². The summed E-state index contributed by atoms with van der Waals surface area (Å²) in [5.41, 5.74) is 1.03. The van der Waals surface area contributed by atoms with Crippen LogP contribution in [0.4, 0.5) is 5.82 Å². The van der Waals surface area contributed by atoms with E-state index in [-0.39, 0.29) is 0 Å². The van der Waals surface area contributed by atoms with Crippen molar-refractivity contribution < 1.29 is 0 Å². The van der Waals surface area contributed by atoms with Crippen LogP contribution < -0.4 is 5.32 Å². The van der Waals surface area contributed by atoms with Crippen molar-refractivity contribution >= 4 is 17.6 Å². The predicted octanol–water partition coefficient (Wildman–Crippen LogP) is 2.18. The Morgan fingerprint density at radius 1 is 1.33 bits per heavy atom. The van der Waals surface area contributed by atoms with Gasteiger partial charge in [0.15, 0.2) is 0 Å². The first kappa shape index (κ1) is 12.8. The van der Waals surface area contributed by atoms with Crippen molar-refractivity contribution in [2.75, 3.05) is 11.9 Å². The topological polar surface area (TPSA) is 79.4 Å². The minimum Gasteiger partial charge on any atom is -0.370 e. The lowest BCUT2D eigenvalue weighted by atomic mass is 10.3. The van der Waals surface area contributed by atoms with Gasteiger partial charge < -0.3 is 5.32 Å². The first-order valence-corrected chi connectivity index (χ1v) is 6.64. The Bertz CT molecular complexity index is 524. The Morgan fingerprint density at radius 2 is 2.17 bits per heavy atom. The molecule has 0 aromatic carbocycles. The summed E-state index contributed by atoms with van der Waals surface area (Å²) in [6.45, 7) is 6.90. The number of aromatic amines is 1. The third kappa shape index (κ3) is 2.98. The maximum absolute atomic E-state index is 4.27. The Morgan fingerprint density at radius 3 is 2.83 bits per heavy atom. The summed E-state index contributed by atoms with van der Waals surface area (Å²) >= 11 is 1.44. The Kier molecular flexibility index (Phi) is 4.14. The summed E-state index contributed by atoms with van der Waals surface area (Å²) in [5.74, 6) is 1.68. The van der Waals surface area contributed by atoms with Gasteiger partial charge in [-0.15, -0.1) is 5.10 Å². The highest BCUT2D eigenvalue weighted by molar-refractivity contribution is 7.99. The van der Waals surface area contributed by atoms with Gasteiger partial charge in [0, 0.05) is 12.1 Å². The average molecular weight is 264 g/mol. The lowest BCUT2D eigenvalue weighted by molar-refractivity contribution is 0.930. The van der Waals surface area contributed by atoms with Crippen LogP contribution in [0.5, 0.6) is 0 Å². The standard InChI is InChI=1S/C11H16N6S/c1-4-5-12-9-7(2)10(14-6-13-9)18-11-15-8(3)16-17-11/h6H,4-5H2,1-3H3,(H,12,13,14)(H,15,16,17). The molecule has 0 atom stereocenters. The minimum absolute atomic E-state index is 0.677. The molecule has 96 valence electrons. The largest absolute Gasteiger partial charge is 0.370 e. The predicted molar refractivity (Wildman–Crippen MR) is 70.8 cm³/mol. The van der Waals surface area contributed by atoms with Crippen LogP contribution in [0.1, 0.15) is 24.7 Å². The first-order valence-electron chi connectivity index (χ1n) is 5.83. The molecule has 2 aromatic rings. The number of rotatable bonds is 5. The van der Waals surface area contributed by atoms with Crippen LogP contribution in [0.2, 0.25) is 0 Å². The highest BCUT2D eigenvalue weighted by Gasteiger charge is 2.10. The summed E-state index contributed by atoms with van der Waals surface area (Å²) in [5, 5.41) is 11.7. The van der Waals surface area contributed by atoms with E-state index in [4.69, 9.17) is 0 Å². The van der Waals surface area contributed by atoms with Crippen molar-refractivity contribution in [3.05, 3.63) is 17.7 Å². The molecule has 2 heterocycles. The first-order chi connectivity index (χ1) is 8.70. The monoisotopic (exact) mass is 264 g/mol.